The van der Waals surface area contributed by atoms with Crippen LogP contribution in [0.4, 0.5) is 0 Å². The van der Waals surface area contributed by atoms with Crippen molar-refractivity contribution in [3.63, 3.8) is 0 Å². The molecular weight excluding hydrogens is 743 g/mol. The maximum Gasteiger partial charge on any atom is 0.220 e. The highest BCUT2D eigenvalue weighted by molar-refractivity contribution is 5.76. The first-order valence-electron chi connectivity index (χ1n) is 25.7. The van der Waals surface area contributed by atoms with Crippen LogP contribution in [0.2, 0.25) is 0 Å². The molecular formula is C50H99NO8. The standard InChI is InChI=1S/C50H99NO8/c1-3-5-7-9-11-13-15-16-17-18-19-20-21-22-23-24-25-26-27-28-29-30-32-34-36-38-40-46(54)51-43(42-58-50-49(57)48(56)47(55)45(41-52)59-50)44(53)39-37-35-33-31-14-12-10-8-6-4-2/h43-45,47-50,52-53,55-57H,3-42H2,1-2H3,(H,51,54)/t43-,44+,45+,47+,48?,49?,50+/m0/s1. The fourth-order valence-corrected chi connectivity index (χ4v) is 8.58. The third-order valence-corrected chi connectivity index (χ3v) is 12.7. The predicted molar refractivity (Wildman–Crippen MR) is 244 cm³/mol. The van der Waals surface area contributed by atoms with Gasteiger partial charge in [-0.25, -0.2) is 0 Å². The summed E-state index contributed by atoms with van der Waals surface area (Å²) in [5.41, 5.74) is 0. The van der Waals surface area contributed by atoms with E-state index in [1.165, 1.54) is 193 Å². The second-order valence-electron chi connectivity index (χ2n) is 18.3. The molecule has 6 N–H and O–H groups in total. The van der Waals surface area contributed by atoms with Crippen molar-refractivity contribution in [1.29, 1.82) is 0 Å². The Morgan fingerprint density at radius 2 is 0.847 bits per heavy atom. The zero-order chi connectivity index (χ0) is 43.0. The summed E-state index contributed by atoms with van der Waals surface area (Å²) in [6.45, 7) is 3.84. The molecule has 1 rings (SSSR count). The summed E-state index contributed by atoms with van der Waals surface area (Å²) in [4.78, 5) is 13.0. The molecule has 0 aromatic heterocycles. The number of carbonyl (C=O) groups excluding carboxylic acids is 1. The lowest BCUT2D eigenvalue weighted by Crippen LogP contribution is -2.60. The molecule has 1 aliphatic rings. The van der Waals surface area contributed by atoms with E-state index < -0.39 is 49.5 Å². The van der Waals surface area contributed by atoms with Crippen LogP contribution in [0.1, 0.15) is 258 Å². The number of carbonyl (C=O) groups is 1. The van der Waals surface area contributed by atoms with Gasteiger partial charge < -0.3 is 40.3 Å². The average molecular weight is 842 g/mol. The van der Waals surface area contributed by atoms with Crippen molar-refractivity contribution in [3.8, 4) is 0 Å². The van der Waals surface area contributed by atoms with Crippen molar-refractivity contribution in [2.24, 2.45) is 0 Å². The van der Waals surface area contributed by atoms with Gasteiger partial charge in [0.2, 0.25) is 5.91 Å². The Morgan fingerprint density at radius 1 is 0.508 bits per heavy atom. The maximum absolute atomic E-state index is 13.0. The predicted octanol–water partition coefficient (Wildman–Crippen LogP) is 11.5. The topological polar surface area (TPSA) is 149 Å². The van der Waals surface area contributed by atoms with Crippen LogP contribution in [0.15, 0.2) is 0 Å². The van der Waals surface area contributed by atoms with Crippen LogP contribution >= 0.6 is 0 Å². The van der Waals surface area contributed by atoms with Gasteiger partial charge in [0.05, 0.1) is 25.4 Å². The molecule has 0 saturated carbocycles. The van der Waals surface area contributed by atoms with Crippen LogP contribution in [0.25, 0.3) is 0 Å². The fourth-order valence-electron chi connectivity index (χ4n) is 8.58. The lowest BCUT2D eigenvalue weighted by Gasteiger charge is -2.40. The minimum absolute atomic E-state index is 0.132. The second-order valence-corrected chi connectivity index (χ2v) is 18.3. The molecule has 2 unspecified atom stereocenters. The highest BCUT2D eigenvalue weighted by atomic mass is 16.7. The molecule has 0 aliphatic carbocycles. The minimum Gasteiger partial charge on any atom is -0.394 e. The average Bonchev–Trinajstić information content (AvgIpc) is 3.23. The zero-order valence-corrected chi connectivity index (χ0v) is 38.8. The second kappa shape index (κ2) is 41.2. The highest BCUT2D eigenvalue weighted by Crippen LogP contribution is 2.23. The molecule has 9 heteroatoms. The normalized spacial score (nSPS) is 20.6. The van der Waals surface area contributed by atoms with E-state index in [4.69, 9.17) is 9.47 Å². The lowest BCUT2D eigenvalue weighted by atomic mass is 9.99. The van der Waals surface area contributed by atoms with Gasteiger partial charge in [0.25, 0.3) is 0 Å². The van der Waals surface area contributed by atoms with E-state index in [2.05, 4.69) is 19.2 Å². The highest BCUT2D eigenvalue weighted by Gasteiger charge is 2.44. The monoisotopic (exact) mass is 842 g/mol. The van der Waals surface area contributed by atoms with Gasteiger partial charge >= 0.3 is 0 Å². The molecule has 0 aromatic rings. The van der Waals surface area contributed by atoms with Gasteiger partial charge in [0, 0.05) is 6.42 Å². The molecule has 1 heterocycles. The molecule has 0 radical (unpaired) electrons. The summed E-state index contributed by atoms with van der Waals surface area (Å²) in [7, 11) is 0. The van der Waals surface area contributed by atoms with Crippen LogP contribution in [-0.2, 0) is 14.3 Å². The van der Waals surface area contributed by atoms with Crippen LogP contribution in [-0.4, -0.2) is 87.5 Å². The van der Waals surface area contributed by atoms with Crippen LogP contribution in [0.3, 0.4) is 0 Å². The van der Waals surface area contributed by atoms with E-state index in [1.54, 1.807) is 0 Å². The number of aliphatic hydroxyl groups excluding tert-OH is 5. The number of aliphatic hydroxyl groups is 5. The third kappa shape index (κ3) is 31.6. The summed E-state index contributed by atoms with van der Waals surface area (Å²) >= 11 is 0. The van der Waals surface area contributed by atoms with E-state index in [0.29, 0.717) is 12.8 Å². The first-order valence-corrected chi connectivity index (χ1v) is 25.7. The molecule has 1 fully saturated rings. The number of hydrogen-bond donors (Lipinski definition) is 6. The maximum atomic E-state index is 13.0. The third-order valence-electron chi connectivity index (χ3n) is 12.7. The van der Waals surface area contributed by atoms with Crippen molar-refractivity contribution in [1.82, 2.24) is 5.32 Å². The van der Waals surface area contributed by atoms with Gasteiger partial charge in [-0.3, -0.25) is 4.79 Å². The van der Waals surface area contributed by atoms with Crippen molar-refractivity contribution >= 4 is 5.91 Å². The van der Waals surface area contributed by atoms with Gasteiger partial charge in [-0.05, 0) is 12.8 Å². The molecule has 9 nitrogen and oxygen atoms in total. The van der Waals surface area contributed by atoms with Crippen LogP contribution < -0.4 is 5.32 Å². The Hall–Kier alpha value is -0.810. The fraction of sp³-hybridized carbons (Fsp3) is 0.980. The zero-order valence-electron chi connectivity index (χ0n) is 38.8. The van der Waals surface area contributed by atoms with Crippen molar-refractivity contribution in [2.75, 3.05) is 13.2 Å². The quantitative estimate of drug-likeness (QED) is 0.0332. The molecule has 1 saturated heterocycles. The van der Waals surface area contributed by atoms with Gasteiger partial charge in [0.1, 0.15) is 24.4 Å². The first kappa shape index (κ1) is 56.2. The molecule has 1 aliphatic heterocycles. The molecule has 0 aromatic carbocycles. The van der Waals surface area contributed by atoms with Gasteiger partial charge in [0.15, 0.2) is 6.29 Å². The summed E-state index contributed by atoms with van der Waals surface area (Å²) < 4.78 is 11.3. The van der Waals surface area contributed by atoms with Gasteiger partial charge in [-0.2, -0.15) is 0 Å². The number of rotatable bonds is 44. The molecule has 0 spiro atoms. The van der Waals surface area contributed by atoms with Crippen LogP contribution in [0, 0.1) is 0 Å². The van der Waals surface area contributed by atoms with E-state index in [-0.39, 0.29) is 12.5 Å². The van der Waals surface area contributed by atoms with Gasteiger partial charge in [-0.15, -0.1) is 0 Å². The SMILES string of the molecule is CCCCCCCCCCCCCCCCCCCCCCCCCCCCC(=O)N[C@@H](CO[C@@H]1O[C@H](CO)[C@@H](O)C(O)C1O)[C@H](O)CCCCCCCCCCCC. The van der Waals surface area contributed by atoms with Crippen molar-refractivity contribution < 1.29 is 39.8 Å². The molecule has 1 amide bonds. The molecule has 0 bridgehead atoms. The smallest absolute Gasteiger partial charge is 0.220 e. The largest absolute Gasteiger partial charge is 0.394 e. The number of unbranched alkanes of at least 4 members (excludes halogenated alkanes) is 34. The lowest BCUT2D eigenvalue weighted by molar-refractivity contribution is -0.302. The Bertz CT molecular complexity index is 893. The number of nitrogens with one attached hydrogen (secondary N) is 1. The van der Waals surface area contributed by atoms with Crippen molar-refractivity contribution in [3.05, 3.63) is 0 Å². The van der Waals surface area contributed by atoms with Crippen molar-refractivity contribution in [2.45, 2.75) is 301 Å². The Kier molecular flexibility index (Phi) is 39.3. The van der Waals surface area contributed by atoms with E-state index in [0.717, 1.165) is 38.5 Å². The summed E-state index contributed by atoms with van der Waals surface area (Å²) in [5, 5.41) is 54.3. The van der Waals surface area contributed by atoms with Gasteiger partial charge in [-0.1, -0.05) is 239 Å². The van der Waals surface area contributed by atoms with E-state index in [1.807, 2.05) is 0 Å². The Morgan fingerprint density at radius 3 is 1.20 bits per heavy atom. The minimum atomic E-state index is -1.55. The number of hydrogen-bond acceptors (Lipinski definition) is 8. The van der Waals surface area contributed by atoms with E-state index >= 15 is 0 Å². The van der Waals surface area contributed by atoms with Crippen LogP contribution in [0.5, 0.6) is 0 Å². The number of amides is 1. The Balaban J connectivity index is 2.14. The number of ether oxygens (including phenoxy) is 2. The molecule has 352 valence electrons. The van der Waals surface area contributed by atoms with E-state index in [9.17, 15) is 30.3 Å². The first-order chi connectivity index (χ1) is 28.8. The summed E-state index contributed by atoms with van der Waals surface area (Å²) in [5.74, 6) is -0.140. The summed E-state index contributed by atoms with van der Waals surface area (Å²) in [6.07, 6.45) is 40.0. The molecule has 59 heavy (non-hydrogen) atoms. The Labute approximate surface area is 364 Å². The molecule has 7 atom stereocenters. The summed E-state index contributed by atoms with van der Waals surface area (Å²) in [6, 6.07) is -0.711.